The Morgan fingerprint density at radius 3 is 2.59 bits per heavy atom. The molecule has 0 amide bonds. The van der Waals surface area contributed by atoms with Crippen molar-refractivity contribution >= 4 is 17.3 Å². The number of morpholine rings is 1. The summed E-state index contributed by atoms with van der Waals surface area (Å²) < 4.78 is 18.9. The lowest BCUT2D eigenvalue weighted by Gasteiger charge is -2.35. The molecule has 1 fully saturated rings. The molecule has 1 aliphatic rings. The Balaban J connectivity index is 1.60. The summed E-state index contributed by atoms with van der Waals surface area (Å²) in [7, 11) is 1.76. The number of hydrogen-bond acceptors (Lipinski definition) is 5. The third-order valence-electron chi connectivity index (χ3n) is 5.00. The molecule has 0 aliphatic carbocycles. The van der Waals surface area contributed by atoms with Crippen LogP contribution in [0.5, 0.6) is 0 Å². The van der Waals surface area contributed by atoms with E-state index in [-0.39, 0.29) is 11.9 Å². The molecule has 0 bridgehead atoms. The summed E-state index contributed by atoms with van der Waals surface area (Å²) in [5.74, 6) is 0.943. The van der Waals surface area contributed by atoms with Crippen molar-refractivity contribution in [3.05, 3.63) is 51.7 Å². The van der Waals surface area contributed by atoms with Gasteiger partial charge in [0.05, 0.1) is 31.5 Å². The second-order valence-corrected chi connectivity index (χ2v) is 8.29. The highest BCUT2D eigenvalue weighted by molar-refractivity contribution is 7.09. The number of benzene rings is 1. The summed E-state index contributed by atoms with van der Waals surface area (Å²) in [6.45, 7) is 8.73. The Kier molecular flexibility index (Phi) is 7.97. The molecule has 1 atom stereocenters. The molecule has 2 N–H and O–H groups in total. The van der Waals surface area contributed by atoms with Crippen LogP contribution in [-0.2, 0) is 11.3 Å². The number of aromatic nitrogens is 1. The number of hydrogen-bond donors (Lipinski definition) is 2. The van der Waals surface area contributed by atoms with E-state index in [9.17, 15) is 4.39 Å². The lowest BCUT2D eigenvalue weighted by atomic mass is 10.0. The largest absolute Gasteiger partial charge is 0.379 e. The molecular formula is C21H30FN5OS. The van der Waals surface area contributed by atoms with Crippen molar-refractivity contribution in [1.29, 1.82) is 0 Å². The third-order valence-corrected chi connectivity index (χ3v) is 5.86. The van der Waals surface area contributed by atoms with E-state index in [1.807, 2.05) is 12.1 Å². The van der Waals surface area contributed by atoms with Crippen LogP contribution in [0, 0.1) is 5.82 Å². The first kappa shape index (κ1) is 21.7. The van der Waals surface area contributed by atoms with Crippen LogP contribution < -0.4 is 10.6 Å². The summed E-state index contributed by atoms with van der Waals surface area (Å²) in [5.41, 5.74) is 2.20. The number of halogens is 1. The average molecular weight is 420 g/mol. The fraction of sp³-hybridized carbons (Fsp3) is 0.524. The van der Waals surface area contributed by atoms with Crippen LogP contribution in [-0.4, -0.2) is 55.7 Å². The molecule has 2 heterocycles. The van der Waals surface area contributed by atoms with Gasteiger partial charge in [-0.25, -0.2) is 9.37 Å². The van der Waals surface area contributed by atoms with Gasteiger partial charge in [0.1, 0.15) is 10.8 Å². The predicted molar refractivity (Wildman–Crippen MR) is 116 cm³/mol. The van der Waals surface area contributed by atoms with Gasteiger partial charge in [0.25, 0.3) is 0 Å². The second kappa shape index (κ2) is 10.7. The van der Waals surface area contributed by atoms with Gasteiger partial charge in [0.15, 0.2) is 5.96 Å². The lowest BCUT2D eigenvalue weighted by molar-refractivity contribution is 0.0170. The van der Waals surface area contributed by atoms with Crippen LogP contribution in [0.15, 0.2) is 34.6 Å². The fourth-order valence-electron chi connectivity index (χ4n) is 3.28. The molecular weight excluding hydrogens is 389 g/mol. The topological polar surface area (TPSA) is 61.8 Å². The molecule has 0 radical (unpaired) electrons. The van der Waals surface area contributed by atoms with E-state index in [0.29, 0.717) is 32.2 Å². The van der Waals surface area contributed by atoms with Crippen molar-refractivity contribution in [3.8, 4) is 0 Å². The number of nitrogens with zero attached hydrogens (tertiary/aromatic N) is 3. The zero-order chi connectivity index (χ0) is 20.6. The van der Waals surface area contributed by atoms with E-state index in [2.05, 4.69) is 44.7 Å². The van der Waals surface area contributed by atoms with Gasteiger partial charge >= 0.3 is 0 Å². The van der Waals surface area contributed by atoms with Gasteiger partial charge in [-0.05, 0) is 23.6 Å². The number of aliphatic imine (C=N–C) groups is 1. The molecule has 0 spiro atoms. The van der Waals surface area contributed by atoms with Gasteiger partial charge in [-0.1, -0.05) is 26.0 Å². The molecule has 2 aromatic rings. The minimum absolute atomic E-state index is 0.116. The van der Waals surface area contributed by atoms with Gasteiger partial charge in [-0.15, -0.1) is 11.3 Å². The van der Waals surface area contributed by atoms with Crippen molar-refractivity contribution in [2.75, 3.05) is 39.9 Å². The van der Waals surface area contributed by atoms with Crippen LogP contribution in [0.1, 0.15) is 42.1 Å². The van der Waals surface area contributed by atoms with Gasteiger partial charge in [-0.3, -0.25) is 9.89 Å². The molecule has 1 aromatic heterocycles. The number of rotatable bonds is 7. The quantitative estimate of drug-likeness (QED) is 0.533. The van der Waals surface area contributed by atoms with E-state index in [4.69, 9.17) is 4.74 Å². The Morgan fingerprint density at radius 2 is 1.97 bits per heavy atom. The first-order chi connectivity index (χ1) is 14.1. The number of nitrogens with one attached hydrogen (secondary N) is 2. The molecule has 0 saturated carbocycles. The standard InChI is InChI=1S/C21H30FN5OS/c1-15(2)18-14-29-20(26-18)13-25-21(23-3)24-12-19(27-8-10-28-11-9-27)16-4-6-17(22)7-5-16/h4-7,14-15,19H,8-13H2,1-3H3,(H2,23,24,25). The number of guanidine groups is 1. The highest BCUT2D eigenvalue weighted by atomic mass is 32.1. The van der Waals surface area contributed by atoms with Crippen molar-refractivity contribution in [2.45, 2.75) is 32.4 Å². The van der Waals surface area contributed by atoms with E-state index >= 15 is 0 Å². The minimum Gasteiger partial charge on any atom is -0.379 e. The summed E-state index contributed by atoms with van der Waals surface area (Å²) in [6.07, 6.45) is 0. The molecule has 158 valence electrons. The van der Waals surface area contributed by atoms with E-state index < -0.39 is 0 Å². The molecule has 3 rings (SSSR count). The highest BCUT2D eigenvalue weighted by Gasteiger charge is 2.23. The summed E-state index contributed by atoms with van der Waals surface area (Å²) in [4.78, 5) is 11.4. The molecule has 1 aliphatic heterocycles. The Morgan fingerprint density at radius 1 is 1.24 bits per heavy atom. The zero-order valence-corrected chi connectivity index (χ0v) is 18.1. The maximum atomic E-state index is 13.4. The normalized spacial score (nSPS) is 16.8. The van der Waals surface area contributed by atoms with Gasteiger partial charge in [0, 0.05) is 32.1 Å². The molecule has 1 aromatic carbocycles. The highest BCUT2D eigenvalue weighted by Crippen LogP contribution is 2.22. The molecule has 1 unspecified atom stereocenters. The smallest absolute Gasteiger partial charge is 0.191 e. The summed E-state index contributed by atoms with van der Waals surface area (Å²) >= 11 is 1.66. The number of ether oxygens (including phenoxy) is 1. The zero-order valence-electron chi connectivity index (χ0n) is 17.3. The SMILES string of the molecule is CN=C(NCc1nc(C(C)C)cs1)NCC(c1ccc(F)cc1)N1CCOCC1. The maximum absolute atomic E-state index is 13.4. The predicted octanol–water partition coefficient (Wildman–Crippen LogP) is 3.14. The summed E-state index contributed by atoms with van der Waals surface area (Å²) in [6, 6.07) is 6.87. The van der Waals surface area contributed by atoms with Crippen LogP contribution in [0.3, 0.4) is 0 Å². The van der Waals surface area contributed by atoms with Crippen LogP contribution in [0.4, 0.5) is 4.39 Å². The number of thiazole rings is 1. The second-order valence-electron chi connectivity index (χ2n) is 7.34. The van der Waals surface area contributed by atoms with Crippen molar-refractivity contribution < 1.29 is 9.13 Å². The van der Waals surface area contributed by atoms with Gasteiger partial charge in [0.2, 0.25) is 0 Å². The van der Waals surface area contributed by atoms with Crippen LogP contribution >= 0.6 is 11.3 Å². The Hall–Kier alpha value is -2.03. The molecule has 1 saturated heterocycles. The fourth-order valence-corrected chi connectivity index (χ4v) is 4.17. The van der Waals surface area contributed by atoms with Crippen molar-refractivity contribution in [3.63, 3.8) is 0 Å². The van der Waals surface area contributed by atoms with E-state index in [0.717, 1.165) is 35.3 Å². The molecule has 6 nitrogen and oxygen atoms in total. The van der Waals surface area contributed by atoms with Gasteiger partial charge < -0.3 is 15.4 Å². The van der Waals surface area contributed by atoms with Crippen LogP contribution in [0.25, 0.3) is 0 Å². The van der Waals surface area contributed by atoms with E-state index in [1.54, 1.807) is 18.4 Å². The van der Waals surface area contributed by atoms with Crippen molar-refractivity contribution in [2.24, 2.45) is 4.99 Å². The van der Waals surface area contributed by atoms with E-state index in [1.165, 1.54) is 12.1 Å². The van der Waals surface area contributed by atoms with Crippen molar-refractivity contribution in [1.82, 2.24) is 20.5 Å². The summed E-state index contributed by atoms with van der Waals surface area (Å²) in [5, 5.41) is 9.91. The monoisotopic (exact) mass is 419 g/mol. The third kappa shape index (κ3) is 6.22. The van der Waals surface area contributed by atoms with Crippen LogP contribution in [0.2, 0.25) is 0 Å². The van der Waals surface area contributed by atoms with Gasteiger partial charge in [-0.2, -0.15) is 0 Å². The first-order valence-corrected chi connectivity index (χ1v) is 10.9. The average Bonchev–Trinajstić information content (AvgIpc) is 3.22. The molecule has 29 heavy (non-hydrogen) atoms. The molecule has 8 heteroatoms. The minimum atomic E-state index is -0.218. The Bertz CT molecular complexity index is 787. The first-order valence-electron chi connectivity index (χ1n) is 10.0. The lowest BCUT2D eigenvalue weighted by Crippen LogP contribution is -2.46. The Labute approximate surface area is 176 Å². The maximum Gasteiger partial charge on any atom is 0.191 e.